The van der Waals surface area contributed by atoms with Crippen LogP contribution in [-0.2, 0) is 27.5 Å². The maximum Gasteiger partial charge on any atom is 0.269 e. The molecule has 81 heavy (non-hydrogen) atoms. The fourth-order valence-electron chi connectivity index (χ4n) is 12.0. The Morgan fingerprint density at radius 1 is 0.765 bits per heavy atom. The van der Waals surface area contributed by atoms with E-state index in [-0.39, 0.29) is 68.5 Å². The molecule has 1 fully saturated rings. The number of benzene rings is 7. The third kappa shape index (κ3) is 12.4. The highest BCUT2D eigenvalue weighted by Crippen LogP contribution is 2.62. The van der Waals surface area contributed by atoms with Crippen molar-refractivity contribution >= 4 is 39.8 Å². The van der Waals surface area contributed by atoms with Gasteiger partial charge in [-0.3, -0.25) is 25.0 Å². The minimum atomic E-state index is -1.61. The molecule has 10 rings (SSSR count). The van der Waals surface area contributed by atoms with Gasteiger partial charge in [0.25, 0.3) is 11.4 Å². The summed E-state index contributed by atoms with van der Waals surface area (Å²) in [5, 5.41) is 50.4. The number of unbranched alkanes of at least 4 members (excludes halogenated alkanes) is 2. The number of nitrogens with zero attached hydrogens (tertiary/aromatic N) is 4. The molecule has 0 spiro atoms. The van der Waals surface area contributed by atoms with Crippen LogP contribution in [-0.4, -0.2) is 68.2 Å². The van der Waals surface area contributed by atoms with Gasteiger partial charge in [-0.15, -0.1) is 6.58 Å². The molecule has 7 aromatic carbocycles. The number of carbonyl (C=O) groups is 1. The lowest BCUT2D eigenvalue weighted by Crippen LogP contribution is -2.70. The van der Waals surface area contributed by atoms with E-state index in [1.165, 1.54) is 30.3 Å². The van der Waals surface area contributed by atoms with Crippen LogP contribution >= 0.6 is 0 Å². The zero-order valence-corrected chi connectivity index (χ0v) is 44.8. The van der Waals surface area contributed by atoms with Crippen LogP contribution in [0.15, 0.2) is 199 Å². The molecule has 15 heteroatoms. The largest absolute Gasteiger partial charge is 0.459 e. The quantitative estimate of drug-likeness (QED) is 0.0192. The zero-order chi connectivity index (χ0) is 56.3. The number of rotatable bonds is 24. The van der Waals surface area contributed by atoms with Gasteiger partial charge in [0, 0.05) is 68.0 Å². The SMILES string of the molecule is C=CCO[C@@]12Oc3ccc(Oc4ccc(-c5ccccc5)cc4)cc3[C@H]3[C@H](CCCCO)[C@@H](CCCCO)C=C(C(=NOCc4ccc([N+](=O)[O-])cc4)C[C@@H]1N(Cc1cccc4ccccc14)C(=O)C=Cc1ccc([N+](=O)[O-])cc1)[C@H]32. The van der Waals surface area contributed by atoms with Crippen LogP contribution in [0.25, 0.3) is 28.0 Å². The zero-order valence-electron chi connectivity index (χ0n) is 44.8. The first-order valence-electron chi connectivity index (χ1n) is 27.5. The summed E-state index contributed by atoms with van der Waals surface area (Å²) in [4.78, 5) is 46.0. The van der Waals surface area contributed by atoms with Crippen molar-refractivity contribution < 1.29 is 43.9 Å². The Kier molecular flexibility index (Phi) is 17.5. The Hall–Kier alpha value is -8.76. The molecule has 1 heterocycles. The second-order valence-electron chi connectivity index (χ2n) is 20.7. The predicted molar refractivity (Wildman–Crippen MR) is 311 cm³/mol. The molecule has 0 bridgehead atoms. The first kappa shape index (κ1) is 55.6. The molecule has 2 aliphatic carbocycles. The van der Waals surface area contributed by atoms with Crippen LogP contribution in [0.1, 0.15) is 73.1 Å². The average Bonchev–Trinajstić information content (AvgIpc) is 3.08. The van der Waals surface area contributed by atoms with E-state index in [1.54, 1.807) is 41.3 Å². The number of nitro benzene ring substituents is 2. The number of amides is 1. The number of ether oxygens (including phenoxy) is 3. The second-order valence-corrected chi connectivity index (χ2v) is 20.7. The summed E-state index contributed by atoms with van der Waals surface area (Å²) in [5.41, 5.74) is 6.35. The van der Waals surface area contributed by atoms with E-state index in [9.17, 15) is 30.4 Å². The number of hydrogen-bond acceptors (Lipinski definition) is 12. The van der Waals surface area contributed by atoms with Crippen LogP contribution in [0, 0.1) is 38.0 Å². The number of hydrogen-bond donors (Lipinski definition) is 2. The standard InChI is InChI=1S/C66H64N4O11/c1-2-39-78-66-62(68(43-51-18-12-17-49-15-6-7-19-56(49)51)63(73)36-25-45-21-28-52(29-22-45)69(74)75)42-60(67-79-44-46-23-30-53(31-24-46)70(76)77)58-40-50(16-8-10-37-71)57(20-9-11-38-72)64(65(58)66)59-41-55(34-35-61(59)81-66)80-54-32-26-48(27-33-54)47-13-4-3-5-14-47/h2-7,12-15,17-19,21-36,40-41,50,57,62,64-65,71-72H,1,8-11,16,20,37-39,42-44H2/t50-,57+,62-,64+,65+,66+/m0/s1. The van der Waals surface area contributed by atoms with Crippen LogP contribution in [0.5, 0.6) is 17.2 Å². The highest BCUT2D eigenvalue weighted by atomic mass is 16.7. The van der Waals surface area contributed by atoms with Gasteiger partial charge < -0.3 is 34.2 Å². The lowest BCUT2D eigenvalue weighted by Gasteiger charge is -2.60. The molecule has 0 radical (unpaired) electrons. The van der Waals surface area contributed by atoms with Crippen LogP contribution in [0.4, 0.5) is 11.4 Å². The lowest BCUT2D eigenvalue weighted by atomic mass is 9.55. The molecule has 2 N–H and O–H groups in total. The number of fused-ring (bicyclic) bond motifs is 3. The van der Waals surface area contributed by atoms with Gasteiger partial charge in [-0.1, -0.05) is 115 Å². The summed E-state index contributed by atoms with van der Waals surface area (Å²) in [6.07, 6.45) is 11.2. The Bertz CT molecular complexity index is 3450. The summed E-state index contributed by atoms with van der Waals surface area (Å²) in [7, 11) is 0. The molecule has 1 aliphatic heterocycles. The van der Waals surface area contributed by atoms with Gasteiger partial charge in [0.1, 0.15) is 29.9 Å². The Balaban J connectivity index is 1.16. The number of aliphatic hydroxyl groups excluding tert-OH is 2. The number of carbonyl (C=O) groups excluding carboxylic acids is 1. The lowest BCUT2D eigenvalue weighted by molar-refractivity contribution is -0.385. The molecule has 7 aromatic rings. The van der Waals surface area contributed by atoms with Gasteiger partial charge in [-0.2, -0.15) is 0 Å². The maximum atomic E-state index is 15.7. The minimum absolute atomic E-state index is 0.0155. The van der Waals surface area contributed by atoms with Gasteiger partial charge in [0.05, 0.1) is 28.1 Å². The van der Waals surface area contributed by atoms with Crippen molar-refractivity contribution in [1.29, 1.82) is 0 Å². The smallest absolute Gasteiger partial charge is 0.269 e. The Morgan fingerprint density at radius 2 is 1.43 bits per heavy atom. The van der Waals surface area contributed by atoms with E-state index >= 15 is 4.79 Å². The third-order valence-electron chi connectivity index (χ3n) is 15.8. The minimum Gasteiger partial charge on any atom is -0.459 e. The van der Waals surface area contributed by atoms with Crippen LogP contribution < -0.4 is 9.47 Å². The molecule has 15 nitrogen and oxygen atoms in total. The van der Waals surface area contributed by atoms with Crippen molar-refractivity contribution in [1.82, 2.24) is 4.90 Å². The molecule has 414 valence electrons. The van der Waals surface area contributed by atoms with E-state index in [0.717, 1.165) is 51.4 Å². The average molecular weight is 1090 g/mol. The monoisotopic (exact) mass is 1090 g/mol. The Morgan fingerprint density at radius 3 is 2.15 bits per heavy atom. The van der Waals surface area contributed by atoms with Crippen molar-refractivity contribution in [3.8, 4) is 28.4 Å². The normalized spacial score (nSPS) is 20.4. The maximum absolute atomic E-state index is 15.7. The van der Waals surface area contributed by atoms with E-state index in [4.69, 9.17) is 24.2 Å². The van der Waals surface area contributed by atoms with Gasteiger partial charge in [0.15, 0.2) is 0 Å². The van der Waals surface area contributed by atoms with Gasteiger partial charge in [-0.25, -0.2) is 0 Å². The molecule has 0 saturated heterocycles. The van der Waals surface area contributed by atoms with Crippen molar-refractivity contribution in [3.63, 3.8) is 0 Å². The summed E-state index contributed by atoms with van der Waals surface area (Å²) in [6, 6.07) is 49.1. The van der Waals surface area contributed by atoms with Gasteiger partial charge >= 0.3 is 0 Å². The highest BCUT2D eigenvalue weighted by Gasteiger charge is 2.65. The molecule has 0 aromatic heterocycles. The van der Waals surface area contributed by atoms with E-state index in [1.807, 2.05) is 103 Å². The number of non-ortho nitro benzene ring substituents is 2. The van der Waals surface area contributed by atoms with Gasteiger partial charge in [0.2, 0.25) is 11.7 Å². The highest BCUT2D eigenvalue weighted by molar-refractivity contribution is 6.03. The molecule has 1 saturated carbocycles. The molecule has 0 unspecified atom stereocenters. The fraction of sp³-hybridized carbons (Fsp3) is 0.273. The number of aliphatic hydroxyl groups is 2. The summed E-state index contributed by atoms with van der Waals surface area (Å²) < 4.78 is 21.6. The topological polar surface area (TPSA) is 196 Å². The fourth-order valence-corrected chi connectivity index (χ4v) is 12.0. The van der Waals surface area contributed by atoms with Crippen molar-refractivity contribution in [3.05, 3.63) is 237 Å². The Labute approximate surface area is 470 Å². The van der Waals surface area contributed by atoms with E-state index < -0.39 is 33.5 Å². The number of nitro groups is 2. The molecular weight excluding hydrogens is 1020 g/mol. The van der Waals surface area contributed by atoms with Gasteiger partial charge in [-0.05, 0) is 142 Å². The summed E-state index contributed by atoms with van der Waals surface area (Å²) in [5.74, 6) is -1.38. The first-order valence-corrected chi connectivity index (χ1v) is 27.5. The van der Waals surface area contributed by atoms with E-state index in [2.05, 4.69) is 24.8 Å². The third-order valence-corrected chi connectivity index (χ3v) is 15.8. The molecule has 3 aliphatic rings. The summed E-state index contributed by atoms with van der Waals surface area (Å²) in [6.45, 7) is 4.28. The van der Waals surface area contributed by atoms with Crippen molar-refractivity contribution in [2.75, 3.05) is 19.8 Å². The second kappa shape index (κ2) is 25.6. The molecule has 1 amide bonds. The van der Waals surface area contributed by atoms with Crippen LogP contribution in [0.2, 0.25) is 0 Å². The molecule has 6 atom stereocenters. The first-order chi connectivity index (χ1) is 39.6. The van der Waals surface area contributed by atoms with Crippen molar-refractivity contribution in [2.45, 2.75) is 75.8 Å². The van der Waals surface area contributed by atoms with Crippen LogP contribution in [0.3, 0.4) is 0 Å². The number of allylic oxidation sites excluding steroid dienone is 1. The van der Waals surface area contributed by atoms with E-state index in [0.29, 0.717) is 59.8 Å². The van der Waals surface area contributed by atoms with Crippen molar-refractivity contribution in [2.24, 2.45) is 22.9 Å². The number of oxime groups is 1. The summed E-state index contributed by atoms with van der Waals surface area (Å²) >= 11 is 0. The molecular formula is C66H64N4O11. The predicted octanol–water partition coefficient (Wildman–Crippen LogP) is 13.7.